The number of carbonyl (C=O) groups is 1. The standard InChI is InChI=1S/C27H20Br2O3/c1-17-15-23(11-13-25(17)28)31-21-7-3-19(4-8-21)27(30)20-5-9-22(10-6-20)32-24-12-14-26(29)18(2)16-24/h3-16H,1-2H3. The third-order valence-corrected chi connectivity index (χ3v) is 6.74. The molecule has 5 heteroatoms. The molecule has 0 spiro atoms. The largest absolute Gasteiger partial charge is 0.457 e. The van der Waals surface area contributed by atoms with Crippen LogP contribution in [0.25, 0.3) is 0 Å². The van der Waals surface area contributed by atoms with Crippen molar-refractivity contribution in [1.82, 2.24) is 0 Å². The van der Waals surface area contributed by atoms with Gasteiger partial charge >= 0.3 is 0 Å². The highest BCUT2D eigenvalue weighted by atomic mass is 79.9. The van der Waals surface area contributed by atoms with Gasteiger partial charge in [0.1, 0.15) is 23.0 Å². The van der Waals surface area contributed by atoms with Crippen molar-refractivity contribution in [2.45, 2.75) is 13.8 Å². The molecule has 0 fully saturated rings. The van der Waals surface area contributed by atoms with Gasteiger partial charge in [-0.25, -0.2) is 0 Å². The van der Waals surface area contributed by atoms with E-state index in [0.717, 1.165) is 31.6 Å². The summed E-state index contributed by atoms with van der Waals surface area (Å²) in [5.74, 6) is 2.80. The minimum Gasteiger partial charge on any atom is -0.457 e. The van der Waals surface area contributed by atoms with Crippen LogP contribution in [0.3, 0.4) is 0 Å². The number of benzene rings is 4. The van der Waals surface area contributed by atoms with E-state index in [1.54, 1.807) is 48.5 Å². The summed E-state index contributed by atoms with van der Waals surface area (Å²) in [4.78, 5) is 12.9. The zero-order chi connectivity index (χ0) is 22.7. The molecule has 0 atom stereocenters. The first kappa shape index (κ1) is 22.3. The molecule has 0 aliphatic carbocycles. The zero-order valence-corrected chi connectivity index (χ0v) is 20.7. The summed E-state index contributed by atoms with van der Waals surface area (Å²) < 4.78 is 13.9. The summed E-state index contributed by atoms with van der Waals surface area (Å²) >= 11 is 6.97. The minimum atomic E-state index is -0.0536. The third kappa shape index (κ3) is 5.29. The Balaban J connectivity index is 1.43. The van der Waals surface area contributed by atoms with E-state index in [9.17, 15) is 4.79 Å². The number of hydrogen-bond acceptors (Lipinski definition) is 3. The molecule has 0 radical (unpaired) electrons. The van der Waals surface area contributed by atoms with Crippen LogP contribution in [-0.2, 0) is 0 Å². The maximum absolute atomic E-state index is 12.9. The fourth-order valence-corrected chi connectivity index (χ4v) is 3.64. The Morgan fingerprint density at radius 1 is 0.562 bits per heavy atom. The van der Waals surface area contributed by atoms with Crippen molar-refractivity contribution in [2.24, 2.45) is 0 Å². The summed E-state index contributed by atoms with van der Waals surface area (Å²) in [6.07, 6.45) is 0. The Kier molecular flexibility index (Phi) is 6.77. The molecule has 0 aromatic heterocycles. The Morgan fingerprint density at radius 3 is 1.25 bits per heavy atom. The van der Waals surface area contributed by atoms with Crippen LogP contribution >= 0.6 is 31.9 Å². The molecule has 0 saturated carbocycles. The highest BCUT2D eigenvalue weighted by Gasteiger charge is 2.10. The highest BCUT2D eigenvalue weighted by Crippen LogP contribution is 2.28. The maximum Gasteiger partial charge on any atom is 0.193 e. The Bertz CT molecular complexity index is 1160. The number of ether oxygens (including phenoxy) is 2. The predicted molar refractivity (Wildman–Crippen MR) is 134 cm³/mol. The van der Waals surface area contributed by atoms with E-state index in [1.807, 2.05) is 50.2 Å². The quantitative estimate of drug-likeness (QED) is 0.225. The summed E-state index contributed by atoms with van der Waals surface area (Å²) in [6.45, 7) is 4.02. The summed E-state index contributed by atoms with van der Waals surface area (Å²) in [7, 11) is 0. The van der Waals surface area contributed by atoms with Crippen LogP contribution in [0.2, 0.25) is 0 Å². The normalized spacial score (nSPS) is 10.6. The maximum atomic E-state index is 12.9. The molecule has 0 unspecified atom stereocenters. The first-order valence-electron chi connectivity index (χ1n) is 10.0. The molecule has 0 saturated heterocycles. The lowest BCUT2D eigenvalue weighted by Gasteiger charge is -2.09. The number of halogens is 2. The van der Waals surface area contributed by atoms with Crippen LogP contribution in [-0.4, -0.2) is 5.78 Å². The van der Waals surface area contributed by atoms with Gasteiger partial charge in [-0.1, -0.05) is 31.9 Å². The molecule has 0 N–H and O–H groups in total. The number of ketones is 1. The lowest BCUT2D eigenvalue weighted by Crippen LogP contribution is -2.01. The Morgan fingerprint density at radius 2 is 0.906 bits per heavy atom. The van der Waals surface area contributed by atoms with Crippen LogP contribution < -0.4 is 9.47 Å². The second kappa shape index (κ2) is 9.72. The average Bonchev–Trinajstić information content (AvgIpc) is 2.79. The summed E-state index contributed by atoms with van der Waals surface area (Å²) in [6, 6.07) is 25.9. The molecule has 4 aromatic carbocycles. The lowest BCUT2D eigenvalue weighted by atomic mass is 10.0. The number of rotatable bonds is 6. The van der Waals surface area contributed by atoms with E-state index in [4.69, 9.17) is 9.47 Å². The molecular weight excluding hydrogens is 532 g/mol. The number of aryl methyl sites for hydroxylation is 2. The van der Waals surface area contributed by atoms with E-state index in [2.05, 4.69) is 31.9 Å². The second-order valence-corrected chi connectivity index (χ2v) is 9.11. The lowest BCUT2D eigenvalue weighted by molar-refractivity contribution is 0.103. The fraction of sp³-hybridized carbons (Fsp3) is 0.0741. The average molecular weight is 552 g/mol. The smallest absolute Gasteiger partial charge is 0.193 e. The molecular formula is C27H20Br2O3. The van der Waals surface area contributed by atoms with Gasteiger partial charge in [0.25, 0.3) is 0 Å². The van der Waals surface area contributed by atoms with Crippen molar-refractivity contribution >= 4 is 37.6 Å². The second-order valence-electron chi connectivity index (χ2n) is 7.40. The summed E-state index contributed by atoms with van der Waals surface area (Å²) in [5, 5.41) is 0. The topological polar surface area (TPSA) is 35.5 Å². The van der Waals surface area contributed by atoms with Crippen LogP contribution in [0.5, 0.6) is 23.0 Å². The van der Waals surface area contributed by atoms with Gasteiger partial charge in [0.2, 0.25) is 0 Å². The van der Waals surface area contributed by atoms with Crippen LogP contribution in [0, 0.1) is 13.8 Å². The van der Waals surface area contributed by atoms with Gasteiger partial charge in [0.05, 0.1) is 0 Å². The molecule has 0 heterocycles. The van der Waals surface area contributed by atoms with Gasteiger partial charge in [-0.3, -0.25) is 4.79 Å². The molecule has 3 nitrogen and oxygen atoms in total. The Hall–Kier alpha value is -2.89. The van der Waals surface area contributed by atoms with E-state index in [0.29, 0.717) is 22.6 Å². The molecule has 4 aromatic rings. The van der Waals surface area contributed by atoms with Gasteiger partial charge in [-0.15, -0.1) is 0 Å². The van der Waals surface area contributed by atoms with E-state index in [1.165, 1.54) is 0 Å². The van der Waals surface area contributed by atoms with Gasteiger partial charge in [-0.05, 0) is 110 Å². The molecule has 0 bridgehead atoms. The first-order valence-corrected chi connectivity index (χ1v) is 11.6. The monoisotopic (exact) mass is 550 g/mol. The van der Waals surface area contributed by atoms with Crippen molar-refractivity contribution in [3.63, 3.8) is 0 Å². The van der Waals surface area contributed by atoms with Crippen molar-refractivity contribution in [3.05, 3.63) is 116 Å². The molecule has 0 amide bonds. The van der Waals surface area contributed by atoms with Crippen molar-refractivity contribution in [2.75, 3.05) is 0 Å². The third-order valence-electron chi connectivity index (χ3n) is 4.96. The minimum absolute atomic E-state index is 0.0536. The van der Waals surface area contributed by atoms with Gasteiger partial charge in [-0.2, -0.15) is 0 Å². The molecule has 160 valence electrons. The van der Waals surface area contributed by atoms with Gasteiger partial charge in [0.15, 0.2) is 5.78 Å². The molecule has 32 heavy (non-hydrogen) atoms. The molecule has 0 aliphatic rings. The van der Waals surface area contributed by atoms with E-state index < -0.39 is 0 Å². The van der Waals surface area contributed by atoms with Crippen LogP contribution in [0.15, 0.2) is 93.9 Å². The van der Waals surface area contributed by atoms with Gasteiger partial charge in [0, 0.05) is 20.1 Å². The van der Waals surface area contributed by atoms with Crippen molar-refractivity contribution in [3.8, 4) is 23.0 Å². The fourth-order valence-electron chi connectivity index (χ4n) is 3.15. The van der Waals surface area contributed by atoms with Crippen molar-refractivity contribution < 1.29 is 14.3 Å². The van der Waals surface area contributed by atoms with Crippen LogP contribution in [0.4, 0.5) is 0 Å². The number of carbonyl (C=O) groups excluding carboxylic acids is 1. The summed E-state index contributed by atoms with van der Waals surface area (Å²) in [5.41, 5.74) is 3.39. The molecule has 4 rings (SSSR count). The SMILES string of the molecule is Cc1cc(Oc2ccc(C(=O)c3ccc(Oc4ccc(Br)c(C)c4)cc3)cc2)ccc1Br. The van der Waals surface area contributed by atoms with Crippen LogP contribution in [0.1, 0.15) is 27.0 Å². The van der Waals surface area contributed by atoms with Gasteiger partial charge < -0.3 is 9.47 Å². The van der Waals surface area contributed by atoms with E-state index >= 15 is 0 Å². The first-order chi connectivity index (χ1) is 15.4. The van der Waals surface area contributed by atoms with Crippen molar-refractivity contribution in [1.29, 1.82) is 0 Å². The predicted octanol–water partition coefficient (Wildman–Crippen LogP) is 8.64. The molecule has 0 aliphatic heterocycles. The number of hydrogen-bond donors (Lipinski definition) is 0. The van der Waals surface area contributed by atoms with E-state index in [-0.39, 0.29) is 5.78 Å². The Labute approximate surface area is 204 Å². The highest BCUT2D eigenvalue weighted by molar-refractivity contribution is 9.10. The zero-order valence-electron chi connectivity index (χ0n) is 17.6.